The van der Waals surface area contributed by atoms with Crippen LogP contribution in [0, 0.1) is 0 Å². The Labute approximate surface area is 147 Å². The molecular weight excluding hydrogens is 402 g/mol. The Morgan fingerprint density at radius 3 is 3.09 bits per heavy atom. The van der Waals surface area contributed by atoms with Crippen molar-refractivity contribution < 1.29 is 13.5 Å². The summed E-state index contributed by atoms with van der Waals surface area (Å²) in [5.41, 5.74) is 2.40. The maximum absolute atomic E-state index is 12.8. The largest absolute Gasteiger partial charge is 0.388 e. The van der Waals surface area contributed by atoms with Gasteiger partial charge < -0.3 is 10.0 Å². The summed E-state index contributed by atoms with van der Waals surface area (Å²) < 4.78 is 28.3. The van der Waals surface area contributed by atoms with Gasteiger partial charge in [-0.2, -0.15) is 0 Å². The van der Waals surface area contributed by atoms with E-state index >= 15 is 0 Å². The van der Waals surface area contributed by atoms with Crippen molar-refractivity contribution in [3.8, 4) is 0 Å². The van der Waals surface area contributed by atoms with Crippen molar-refractivity contribution in [1.82, 2.24) is 4.90 Å². The van der Waals surface area contributed by atoms with Crippen molar-refractivity contribution in [3.63, 3.8) is 0 Å². The van der Waals surface area contributed by atoms with Crippen LogP contribution in [0.4, 0.5) is 5.69 Å². The fourth-order valence-corrected chi connectivity index (χ4v) is 7.30. The predicted octanol–water partition coefficient (Wildman–Crippen LogP) is 1.87. The number of rotatable bonds is 3. The van der Waals surface area contributed by atoms with E-state index in [2.05, 4.69) is 25.6 Å². The van der Waals surface area contributed by atoms with Crippen LogP contribution in [0.5, 0.6) is 0 Å². The molecule has 0 spiro atoms. The first kappa shape index (κ1) is 15.7. The average Bonchev–Trinajstić information content (AvgIpc) is 3.13. The molecule has 0 saturated carbocycles. The maximum atomic E-state index is 12.8. The lowest BCUT2D eigenvalue weighted by molar-refractivity contribution is 0.180. The molecule has 124 valence electrons. The number of alkyl halides is 1. The molecule has 4 rings (SSSR count). The van der Waals surface area contributed by atoms with Crippen LogP contribution in [-0.4, -0.2) is 46.2 Å². The summed E-state index contributed by atoms with van der Waals surface area (Å²) in [7, 11) is -3.63. The number of sulfonamides is 1. The van der Waals surface area contributed by atoms with Crippen molar-refractivity contribution >= 4 is 48.6 Å². The van der Waals surface area contributed by atoms with E-state index in [1.165, 1.54) is 0 Å². The fraction of sp³-hybridized carbons (Fsp3) is 0.500. The minimum atomic E-state index is -3.63. The lowest BCUT2D eigenvalue weighted by atomic mass is 10.1. The highest BCUT2D eigenvalue weighted by Crippen LogP contribution is 2.36. The second-order valence-corrected chi connectivity index (χ2v) is 9.61. The van der Waals surface area contributed by atoms with Gasteiger partial charge in [0.15, 0.2) is 10.5 Å². The molecule has 1 saturated heterocycles. The molecule has 3 aliphatic rings. The van der Waals surface area contributed by atoms with E-state index in [1.54, 1.807) is 23.9 Å². The molecule has 3 unspecified atom stereocenters. The maximum Gasteiger partial charge on any atom is 0.257 e. The Kier molecular flexibility index (Phi) is 3.86. The molecule has 9 heteroatoms. The number of benzene rings is 1. The number of nitrogens with one attached hydrogen (secondary N) is 1. The standard InChI is InChI=1S/C14H16BrN3O3S2/c15-12-13(18-5-6-22-14(18)16-12)23(20,21)17-9-3-1-8-2-4-11(19)10(8)7-9/h1,3,7,11-13,17,19H,2,4-6H2. The highest BCUT2D eigenvalue weighted by atomic mass is 79.9. The molecule has 2 aliphatic heterocycles. The quantitative estimate of drug-likeness (QED) is 0.579. The molecule has 1 aromatic rings. The summed E-state index contributed by atoms with van der Waals surface area (Å²) in [4.78, 5) is 5.73. The second kappa shape index (κ2) is 5.65. The summed E-state index contributed by atoms with van der Waals surface area (Å²) in [6.45, 7) is 0.681. The van der Waals surface area contributed by atoms with Crippen LogP contribution >= 0.6 is 27.7 Å². The summed E-state index contributed by atoms with van der Waals surface area (Å²) in [5.74, 6) is 0.857. The van der Waals surface area contributed by atoms with Crippen LogP contribution in [0.3, 0.4) is 0 Å². The number of thioether (sulfide) groups is 1. The zero-order valence-corrected chi connectivity index (χ0v) is 15.4. The first-order valence-corrected chi connectivity index (χ1v) is 10.8. The van der Waals surface area contributed by atoms with E-state index in [9.17, 15) is 13.5 Å². The van der Waals surface area contributed by atoms with Crippen LogP contribution in [-0.2, 0) is 16.4 Å². The first-order valence-electron chi connectivity index (χ1n) is 7.39. The van der Waals surface area contributed by atoms with Crippen LogP contribution < -0.4 is 4.72 Å². The summed E-state index contributed by atoms with van der Waals surface area (Å²) in [6, 6.07) is 5.38. The molecule has 1 aromatic carbocycles. The lowest BCUT2D eigenvalue weighted by Gasteiger charge is -2.24. The van der Waals surface area contributed by atoms with E-state index in [1.807, 2.05) is 11.0 Å². The van der Waals surface area contributed by atoms with Gasteiger partial charge in [-0.3, -0.25) is 4.72 Å². The summed E-state index contributed by atoms with van der Waals surface area (Å²) >= 11 is 4.95. The molecule has 0 amide bonds. The molecule has 3 atom stereocenters. The van der Waals surface area contributed by atoms with Crippen LogP contribution in [0.25, 0.3) is 0 Å². The van der Waals surface area contributed by atoms with Crippen molar-refractivity contribution in [1.29, 1.82) is 0 Å². The smallest absolute Gasteiger partial charge is 0.257 e. The SMILES string of the molecule is O=S(=O)(Nc1ccc2c(c1)C(O)CC2)C1C(Br)N=C2SCCN21. The lowest BCUT2D eigenvalue weighted by Crippen LogP contribution is -2.44. The van der Waals surface area contributed by atoms with Gasteiger partial charge in [0.25, 0.3) is 10.0 Å². The van der Waals surface area contributed by atoms with E-state index in [0.29, 0.717) is 18.7 Å². The van der Waals surface area contributed by atoms with Gasteiger partial charge in [-0.1, -0.05) is 33.8 Å². The van der Waals surface area contributed by atoms with Crippen LogP contribution in [0.1, 0.15) is 23.7 Å². The second-order valence-electron chi connectivity index (χ2n) is 5.83. The van der Waals surface area contributed by atoms with Gasteiger partial charge in [-0.05, 0) is 36.1 Å². The number of anilines is 1. The third-order valence-corrected chi connectivity index (χ3v) is 8.06. The average molecular weight is 418 g/mol. The number of aliphatic imine (C=N–C) groups is 1. The van der Waals surface area contributed by atoms with Gasteiger partial charge in [0, 0.05) is 18.0 Å². The number of aliphatic hydroxyl groups excluding tert-OH is 1. The Morgan fingerprint density at radius 2 is 2.26 bits per heavy atom. The molecule has 0 radical (unpaired) electrons. The van der Waals surface area contributed by atoms with Crippen LogP contribution in [0.15, 0.2) is 23.2 Å². The molecule has 2 heterocycles. The van der Waals surface area contributed by atoms with E-state index in [0.717, 1.165) is 28.5 Å². The Hall–Kier alpha value is -0.770. The van der Waals surface area contributed by atoms with E-state index in [4.69, 9.17) is 0 Å². The zero-order valence-electron chi connectivity index (χ0n) is 12.1. The number of amidine groups is 1. The number of fused-ring (bicyclic) bond motifs is 2. The van der Waals surface area contributed by atoms with Crippen molar-refractivity contribution in [2.75, 3.05) is 17.0 Å². The third kappa shape index (κ3) is 2.67. The van der Waals surface area contributed by atoms with Gasteiger partial charge >= 0.3 is 0 Å². The van der Waals surface area contributed by atoms with Crippen LogP contribution in [0.2, 0.25) is 0 Å². The Bertz CT molecular complexity index is 783. The van der Waals surface area contributed by atoms with Crippen molar-refractivity contribution in [2.45, 2.75) is 29.3 Å². The molecule has 23 heavy (non-hydrogen) atoms. The van der Waals surface area contributed by atoms with Gasteiger partial charge in [0.2, 0.25) is 0 Å². The molecule has 6 nitrogen and oxygen atoms in total. The Morgan fingerprint density at radius 1 is 1.43 bits per heavy atom. The number of nitrogens with zero attached hydrogens (tertiary/aromatic N) is 2. The third-order valence-electron chi connectivity index (χ3n) is 4.36. The summed E-state index contributed by atoms with van der Waals surface area (Å²) in [5, 5.41) is 10.0. The number of aryl methyl sites for hydroxylation is 1. The van der Waals surface area contributed by atoms with Gasteiger partial charge in [-0.25, -0.2) is 13.4 Å². The summed E-state index contributed by atoms with van der Waals surface area (Å²) in [6.07, 6.45) is 1.02. The molecule has 0 aromatic heterocycles. The molecule has 2 N–H and O–H groups in total. The van der Waals surface area contributed by atoms with Gasteiger partial charge in [-0.15, -0.1) is 0 Å². The molecular formula is C14H16BrN3O3S2. The molecule has 0 bridgehead atoms. The number of aliphatic hydroxyl groups is 1. The van der Waals surface area contributed by atoms with Crippen molar-refractivity contribution in [3.05, 3.63) is 29.3 Å². The first-order chi connectivity index (χ1) is 11.0. The van der Waals surface area contributed by atoms with E-state index < -0.39 is 26.5 Å². The monoisotopic (exact) mass is 417 g/mol. The normalized spacial score (nSPS) is 29.4. The number of hydrogen-bond acceptors (Lipinski definition) is 6. The minimum Gasteiger partial charge on any atom is -0.388 e. The molecule has 1 fully saturated rings. The zero-order chi connectivity index (χ0) is 16.2. The van der Waals surface area contributed by atoms with Crippen molar-refractivity contribution in [2.24, 2.45) is 4.99 Å². The highest BCUT2D eigenvalue weighted by Gasteiger charge is 2.46. The molecule has 1 aliphatic carbocycles. The predicted molar refractivity (Wildman–Crippen MR) is 95.4 cm³/mol. The minimum absolute atomic E-state index is 0.470. The fourth-order valence-electron chi connectivity index (χ4n) is 3.26. The number of hydrogen-bond donors (Lipinski definition) is 2. The topological polar surface area (TPSA) is 82.0 Å². The number of halogens is 1. The van der Waals surface area contributed by atoms with E-state index in [-0.39, 0.29) is 0 Å². The van der Waals surface area contributed by atoms with Gasteiger partial charge in [0.1, 0.15) is 4.95 Å². The van der Waals surface area contributed by atoms with Gasteiger partial charge in [0.05, 0.1) is 6.10 Å². The highest BCUT2D eigenvalue weighted by molar-refractivity contribution is 9.09. The Balaban J connectivity index is 1.60.